The number of hydrogen-bond donors (Lipinski definition) is 8. The van der Waals surface area contributed by atoms with E-state index in [0.29, 0.717) is 12.3 Å². The van der Waals surface area contributed by atoms with Crippen LogP contribution in [0.3, 0.4) is 0 Å². The van der Waals surface area contributed by atoms with E-state index in [0.717, 1.165) is 0 Å². The zero-order valence-corrected chi connectivity index (χ0v) is 15.1. The van der Waals surface area contributed by atoms with Gasteiger partial charge in [0.1, 0.15) is 18.1 Å². The van der Waals surface area contributed by atoms with Gasteiger partial charge in [0.2, 0.25) is 5.91 Å². The molecule has 0 aliphatic rings. The fourth-order valence-corrected chi connectivity index (χ4v) is 1.19. The van der Waals surface area contributed by atoms with Crippen molar-refractivity contribution in [3.8, 4) is 0 Å². The zero-order valence-electron chi connectivity index (χ0n) is 15.1. The number of primary amides is 1. The summed E-state index contributed by atoms with van der Waals surface area (Å²) in [5.74, 6) is -4.97. The molecule has 3 atom stereocenters. The molecule has 0 spiro atoms. The van der Waals surface area contributed by atoms with Crippen molar-refractivity contribution in [2.75, 3.05) is 0 Å². The number of carbonyl (C=O) groups excluding carboxylic acids is 1. The molecular formula is C14H28N4O9. The molecule has 27 heavy (non-hydrogen) atoms. The van der Waals surface area contributed by atoms with E-state index in [2.05, 4.69) is 5.73 Å². The first-order valence-corrected chi connectivity index (χ1v) is 7.56. The van der Waals surface area contributed by atoms with Gasteiger partial charge in [-0.25, -0.2) is 0 Å². The molecule has 0 aliphatic carbocycles. The summed E-state index contributed by atoms with van der Waals surface area (Å²) in [4.78, 5) is 49.6. The molecule has 0 rings (SSSR count). The molecule has 12 N–H and O–H groups in total. The van der Waals surface area contributed by atoms with Crippen molar-refractivity contribution in [1.82, 2.24) is 0 Å². The SMILES string of the molecule is CC(C)C[C@H](N)C(=O)O.NC(=O)C[C@H](N)C(=O)O.N[C@@H](CC(=O)O)C(=O)O. The molecule has 0 saturated carbocycles. The van der Waals surface area contributed by atoms with Crippen LogP contribution in [-0.2, 0) is 24.0 Å². The predicted molar refractivity (Wildman–Crippen MR) is 92.4 cm³/mol. The van der Waals surface area contributed by atoms with Crippen LogP contribution in [0.25, 0.3) is 0 Å². The summed E-state index contributed by atoms with van der Waals surface area (Å²) in [6.07, 6.45) is -0.292. The van der Waals surface area contributed by atoms with E-state index in [9.17, 15) is 24.0 Å². The van der Waals surface area contributed by atoms with Crippen LogP contribution in [0, 0.1) is 5.92 Å². The average Bonchev–Trinajstić information content (AvgIpc) is 2.46. The van der Waals surface area contributed by atoms with Crippen molar-refractivity contribution in [1.29, 1.82) is 0 Å². The molecule has 0 radical (unpaired) electrons. The minimum atomic E-state index is -1.29. The Balaban J connectivity index is -0.000000320. The van der Waals surface area contributed by atoms with Gasteiger partial charge in [-0.05, 0) is 12.3 Å². The molecule has 0 bridgehead atoms. The van der Waals surface area contributed by atoms with Gasteiger partial charge in [0, 0.05) is 0 Å². The summed E-state index contributed by atoms with van der Waals surface area (Å²) in [6.45, 7) is 3.89. The van der Waals surface area contributed by atoms with Crippen molar-refractivity contribution >= 4 is 29.8 Å². The summed E-state index contributed by atoms with van der Waals surface area (Å²) >= 11 is 0. The van der Waals surface area contributed by atoms with Crippen LogP contribution in [0.15, 0.2) is 0 Å². The summed E-state index contributed by atoms with van der Waals surface area (Å²) in [5, 5.41) is 32.4. The number of rotatable bonds is 9. The van der Waals surface area contributed by atoms with Crippen molar-refractivity contribution in [3.05, 3.63) is 0 Å². The normalized spacial score (nSPS) is 13.0. The minimum absolute atomic E-state index is 0.310. The highest BCUT2D eigenvalue weighted by molar-refractivity contribution is 5.83. The van der Waals surface area contributed by atoms with Crippen LogP contribution in [-0.4, -0.2) is 68.3 Å². The molecule has 0 aromatic heterocycles. The van der Waals surface area contributed by atoms with Gasteiger partial charge < -0.3 is 43.4 Å². The number of carboxylic acid groups (broad SMARTS) is 4. The Labute approximate surface area is 155 Å². The van der Waals surface area contributed by atoms with Gasteiger partial charge in [-0.1, -0.05) is 13.8 Å². The molecule has 13 nitrogen and oxygen atoms in total. The van der Waals surface area contributed by atoms with Crippen LogP contribution in [0.4, 0.5) is 0 Å². The molecule has 0 unspecified atom stereocenters. The first-order chi connectivity index (χ1) is 12.1. The highest BCUT2D eigenvalue weighted by atomic mass is 16.4. The van der Waals surface area contributed by atoms with Gasteiger partial charge in [-0.15, -0.1) is 0 Å². The number of carbonyl (C=O) groups is 5. The van der Waals surface area contributed by atoms with Gasteiger partial charge >= 0.3 is 23.9 Å². The third kappa shape index (κ3) is 23.2. The lowest BCUT2D eigenvalue weighted by Crippen LogP contribution is -2.34. The Morgan fingerprint density at radius 3 is 1.15 bits per heavy atom. The monoisotopic (exact) mass is 396 g/mol. The van der Waals surface area contributed by atoms with E-state index in [1.165, 1.54) is 0 Å². The number of aliphatic carboxylic acids is 4. The Kier molecular flexibility index (Phi) is 16.6. The van der Waals surface area contributed by atoms with Crippen LogP contribution in [0.2, 0.25) is 0 Å². The summed E-state index contributed by atoms with van der Waals surface area (Å²) < 4.78 is 0. The second-order valence-corrected chi connectivity index (χ2v) is 5.73. The molecular weight excluding hydrogens is 368 g/mol. The van der Waals surface area contributed by atoms with Crippen molar-refractivity contribution in [2.45, 2.75) is 51.2 Å². The van der Waals surface area contributed by atoms with E-state index in [-0.39, 0.29) is 6.42 Å². The van der Waals surface area contributed by atoms with Crippen molar-refractivity contribution in [2.24, 2.45) is 28.9 Å². The molecule has 0 aromatic carbocycles. The first kappa shape index (κ1) is 29.0. The fraction of sp³-hybridized carbons (Fsp3) is 0.643. The molecule has 0 saturated heterocycles. The van der Waals surface area contributed by atoms with Crippen LogP contribution in [0.5, 0.6) is 0 Å². The molecule has 13 heteroatoms. The van der Waals surface area contributed by atoms with Crippen molar-refractivity contribution < 1.29 is 44.4 Å². The van der Waals surface area contributed by atoms with Crippen LogP contribution >= 0.6 is 0 Å². The first-order valence-electron chi connectivity index (χ1n) is 7.56. The average molecular weight is 396 g/mol. The lowest BCUT2D eigenvalue weighted by atomic mass is 10.1. The van der Waals surface area contributed by atoms with Crippen molar-refractivity contribution in [3.63, 3.8) is 0 Å². The summed E-state index contributed by atoms with van der Waals surface area (Å²) in [7, 11) is 0. The Hall–Kier alpha value is -2.77. The van der Waals surface area contributed by atoms with Gasteiger partial charge in [0.15, 0.2) is 0 Å². The summed E-state index contributed by atoms with van der Waals surface area (Å²) in [5.41, 5.74) is 19.6. The van der Waals surface area contributed by atoms with Gasteiger partial charge in [0.05, 0.1) is 12.8 Å². The van der Waals surface area contributed by atoms with Gasteiger partial charge in [-0.2, -0.15) is 0 Å². The number of hydrogen-bond acceptors (Lipinski definition) is 8. The highest BCUT2D eigenvalue weighted by Gasteiger charge is 2.14. The lowest BCUT2D eigenvalue weighted by Gasteiger charge is -2.07. The van der Waals surface area contributed by atoms with E-state index in [1.807, 2.05) is 13.8 Å². The molecule has 0 heterocycles. The second-order valence-electron chi connectivity index (χ2n) is 5.73. The molecule has 0 aromatic rings. The van der Waals surface area contributed by atoms with E-state index in [4.69, 9.17) is 37.6 Å². The van der Waals surface area contributed by atoms with Gasteiger partial charge in [-0.3, -0.25) is 24.0 Å². The van der Waals surface area contributed by atoms with Crippen LogP contribution < -0.4 is 22.9 Å². The van der Waals surface area contributed by atoms with E-state index in [1.54, 1.807) is 0 Å². The van der Waals surface area contributed by atoms with E-state index >= 15 is 0 Å². The van der Waals surface area contributed by atoms with E-state index < -0.39 is 54.3 Å². The van der Waals surface area contributed by atoms with Crippen LogP contribution in [0.1, 0.15) is 33.1 Å². The minimum Gasteiger partial charge on any atom is -0.481 e. The Morgan fingerprint density at radius 1 is 0.704 bits per heavy atom. The van der Waals surface area contributed by atoms with Gasteiger partial charge in [0.25, 0.3) is 0 Å². The third-order valence-corrected chi connectivity index (χ3v) is 2.49. The maximum Gasteiger partial charge on any atom is 0.321 e. The maximum atomic E-state index is 10.1. The largest absolute Gasteiger partial charge is 0.481 e. The number of amides is 1. The molecule has 0 fully saturated rings. The fourth-order valence-electron chi connectivity index (χ4n) is 1.19. The second kappa shape index (κ2) is 15.5. The zero-order chi connectivity index (χ0) is 22.3. The Morgan fingerprint density at radius 2 is 1.04 bits per heavy atom. The highest BCUT2D eigenvalue weighted by Crippen LogP contribution is 2.01. The predicted octanol–water partition coefficient (Wildman–Crippen LogP) is -2.41. The standard InChI is InChI=1S/C6H13NO2.C4H8N2O3.C4H7NO4/c1-4(2)3-5(7)6(8)9;2*5-2(4(8)9)1-3(6)7/h4-5H,3,7H2,1-2H3,(H,8,9);2H,1,5H2,(H2,6,7)(H,8,9);2H,1,5H2,(H,6,7)(H,8,9)/t5-;2*2-/m000/s1. The molecule has 158 valence electrons. The Bertz CT molecular complexity index is 479. The topological polar surface area (TPSA) is 270 Å². The lowest BCUT2D eigenvalue weighted by molar-refractivity contribution is -0.144. The molecule has 0 aliphatic heterocycles. The third-order valence-electron chi connectivity index (χ3n) is 2.49. The summed E-state index contributed by atoms with van der Waals surface area (Å²) in [6, 6.07) is -3.14. The smallest absolute Gasteiger partial charge is 0.321 e. The molecule has 1 amide bonds. The maximum absolute atomic E-state index is 10.1. The quantitative estimate of drug-likeness (QED) is 0.202. The number of nitrogens with two attached hydrogens (primary N) is 4. The number of carboxylic acids is 4.